The van der Waals surface area contributed by atoms with Crippen molar-refractivity contribution in [3.63, 3.8) is 0 Å². The monoisotopic (exact) mass is 679 g/mol. The summed E-state index contributed by atoms with van der Waals surface area (Å²) >= 11 is 0. The van der Waals surface area contributed by atoms with E-state index in [-0.39, 0.29) is 5.69 Å². The van der Waals surface area contributed by atoms with Crippen LogP contribution in [-0.2, 0) is 5.92 Å². The van der Waals surface area contributed by atoms with Crippen LogP contribution in [0.2, 0.25) is 5.54 Å². The number of nitrogens with zero attached hydrogens (tertiary/aromatic N) is 3. The molecule has 2 unspecified atom stereocenters. The Balaban J connectivity index is 1.31. The number of alkyl halides is 2. The van der Waals surface area contributed by atoms with Gasteiger partial charge in [0.15, 0.2) is 18.1 Å². The standard InChI is InChI=1S/C40H59F2N3O2Si/c1-5-7-9-10-13-17-25-46-34-23-21-32(22-24-34)33-27-43-39(44-28-33)35-26-36(37-38(45-35)40(41,42)29-47-37)48-31(4)20-16-12-11-15-19-30(3)18-14-8-6-2/h21-24,26-28,30-31H,5-20,25,29,48H2,1-4H3. The number of hydrogen-bond donors (Lipinski definition) is 0. The van der Waals surface area contributed by atoms with E-state index in [2.05, 4.69) is 42.6 Å². The normalized spacial score (nSPS) is 15.0. The van der Waals surface area contributed by atoms with E-state index in [0.717, 1.165) is 47.4 Å². The van der Waals surface area contributed by atoms with E-state index >= 15 is 0 Å². The average molecular weight is 680 g/mol. The molecular weight excluding hydrogens is 621 g/mol. The van der Waals surface area contributed by atoms with Crippen molar-refractivity contribution < 1.29 is 18.3 Å². The molecule has 0 saturated carbocycles. The van der Waals surface area contributed by atoms with Gasteiger partial charge in [-0.1, -0.05) is 136 Å². The quantitative estimate of drug-likeness (QED) is 0.0737. The molecular formula is C40H59F2N3O2Si. The van der Waals surface area contributed by atoms with E-state index < -0.39 is 22.0 Å². The molecule has 8 heteroatoms. The minimum absolute atomic E-state index is 0.257. The molecule has 0 N–H and O–H groups in total. The van der Waals surface area contributed by atoms with Crippen molar-refractivity contribution in [2.75, 3.05) is 13.2 Å². The second-order valence-corrected chi connectivity index (χ2v) is 16.7. The predicted molar refractivity (Wildman–Crippen MR) is 198 cm³/mol. The number of rotatable bonds is 23. The smallest absolute Gasteiger partial charge is 0.326 e. The van der Waals surface area contributed by atoms with Gasteiger partial charge >= 0.3 is 5.92 Å². The van der Waals surface area contributed by atoms with Crippen molar-refractivity contribution in [2.24, 2.45) is 5.92 Å². The van der Waals surface area contributed by atoms with Crippen LogP contribution in [0.15, 0.2) is 42.7 Å². The maximum absolute atomic E-state index is 14.9. The summed E-state index contributed by atoms with van der Waals surface area (Å²) in [7, 11) is -0.880. The number of unbranched alkanes of at least 4 members (excludes halogenated alkanes) is 10. The molecule has 3 heterocycles. The molecule has 0 aliphatic carbocycles. The highest BCUT2D eigenvalue weighted by Gasteiger charge is 2.45. The molecule has 3 aromatic rings. The Hall–Kier alpha value is -2.87. The fourth-order valence-corrected chi connectivity index (χ4v) is 8.63. The molecule has 0 bridgehead atoms. The Morgan fingerprint density at radius 3 is 2.10 bits per heavy atom. The van der Waals surface area contributed by atoms with E-state index in [0.29, 0.717) is 22.8 Å². The van der Waals surface area contributed by atoms with Crippen molar-refractivity contribution >= 4 is 14.7 Å². The van der Waals surface area contributed by atoms with Crippen LogP contribution in [0.4, 0.5) is 8.78 Å². The fourth-order valence-electron chi connectivity index (χ4n) is 6.62. The van der Waals surface area contributed by atoms with Crippen LogP contribution in [0, 0.1) is 5.92 Å². The van der Waals surface area contributed by atoms with E-state index in [1.54, 1.807) is 12.4 Å². The minimum atomic E-state index is -3.11. The van der Waals surface area contributed by atoms with Gasteiger partial charge < -0.3 is 9.47 Å². The molecule has 48 heavy (non-hydrogen) atoms. The maximum atomic E-state index is 14.9. The molecule has 0 saturated heterocycles. The van der Waals surface area contributed by atoms with E-state index in [1.807, 2.05) is 30.3 Å². The lowest BCUT2D eigenvalue weighted by atomic mass is 9.96. The van der Waals surface area contributed by atoms with Crippen LogP contribution in [-0.4, -0.2) is 37.7 Å². The first-order chi connectivity index (χ1) is 23.3. The highest BCUT2D eigenvalue weighted by atomic mass is 28.2. The van der Waals surface area contributed by atoms with Gasteiger partial charge in [0.2, 0.25) is 0 Å². The lowest BCUT2D eigenvalue weighted by Gasteiger charge is -2.15. The van der Waals surface area contributed by atoms with Crippen LogP contribution in [0.1, 0.15) is 136 Å². The number of aromatic nitrogens is 3. The van der Waals surface area contributed by atoms with Crippen molar-refractivity contribution in [3.05, 3.63) is 48.4 Å². The number of pyridine rings is 1. The Kier molecular flexibility index (Phi) is 15.8. The second kappa shape index (κ2) is 20.0. The molecule has 0 radical (unpaired) electrons. The lowest BCUT2D eigenvalue weighted by molar-refractivity contribution is -0.0243. The molecule has 0 fully saturated rings. The number of ether oxygens (including phenoxy) is 2. The summed E-state index contributed by atoms with van der Waals surface area (Å²) in [5.41, 5.74) is 2.44. The summed E-state index contributed by atoms with van der Waals surface area (Å²) in [4.78, 5) is 13.5. The van der Waals surface area contributed by atoms with Crippen LogP contribution in [0.3, 0.4) is 0 Å². The molecule has 1 aliphatic heterocycles. The first kappa shape index (κ1) is 37.9. The van der Waals surface area contributed by atoms with Gasteiger partial charge in [-0.15, -0.1) is 0 Å². The van der Waals surface area contributed by atoms with Crippen LogP contribution in [0.5, 0.6) is 11.5 Å². The van der Waals surface area contributed by atoms with Gasteiger partial charge in [0, 0.05) is 18.0 Å². The number of halogens is 2. The summed E-state index contributed by atoms with van der Waals surface area (Å²) in [6.45, 7) is 9.22. The lowest BCUT2D eigenvalue weighted by Crippen LogP contribution is -2.22. The maximum Gasteiger partial charge on any atom is 0.326 e. The van der Waals surface area contributed by atoms with E-state index in [4.69, 9.17) is 9.47 Å². The molecule has 5 nitrogen and oxygen atoms in total. The van der Waals surface area contributed by atoms with Gasteiger partial charge in [0.25, 0.3) is 0 Å². The van der Waals surface area contributed by atoms with Gasteiger partial charge in [0.05, 0.1) is 16.1 Å². The zero-order valence-electron chi connectivity index (χ0n) is 30.0. The number of fused-ring (bicyclic) bond motifs is 1. The van der Waals surface area contributed by atoms with Gasteiger partial charge in [-0.2, -0.15) is 8.78 Å². The zero-order valence-corrected chi connectivity index (χ0v) is 31.5. The summed E-state index contributed by atoms with van der Waals surface area (Å²) in [5.74, 6) is -0.770. The summed E-state index contributed by atoms with van der Waals surface area (Å²) in [6.07, 6.45) is 23.7. The van der Waals surface area contributed by atoms with E-state index in [9.17, 15) is 8.78 Å². The third kappa shape index (κ3) is 11.9. The SMILES string of the molecule is CCCCCCCCOc1ccc(-c2cnc(-c3cc([SiH2]C(C)CCCCCCC(C)CCCCC)c4c(n3)C(F)(F)CO4)nc2)cc1. The predicted octanol–water partition coefficient (Wildman–Crippen LogP) is 10.6. The summed E-state index contributed by atoms with van der Waals surface area (Å²) < 4.78 is 41.2. The van der Waals surface area contributed by atoms with Gasteiger partial charge in [-0.05, 0) is 46.8 Å². The summed E-state index contributed by atoms with van der Waals surface area (Å²) in [6, 6.07) is 9.85. The molecule has 2 atom stereocenters. The Bertz CT molecular complexity index is 1350. The first-order valence-electron chi connectivity index (χ1n) is 18.9. The third-order valence-electron chi connectivity index (χ3n) is 9.64. The summed E-state index contributed by atoms with van der Waals surface area (Å²) in [5, 5.41) is 0.907. The third-order valence-corrected chi connectivity index (χ3v) is 11.7. The molecule has 4 rings (SSSR count). The molecule has 1 aliphatic rings. The van der Waals surface area contributed by atoms with Crippen LogP contribution >= 0.6 is 0 Å². The van der Waals surface area contributed by atoms with Crippen molar-refractivity contribution in [2.45, 2.75) is 142 Å². The van der Waals surface area contributed by atoms with Crippen LogP contribution in [0.25, 0.3) is 22.6 Å². The molecule has 0 spiro atoms. The zero-order chi connectivity index (χ0) is 34.2. The Labute approximate surface area is 290 Å². The van der Waals surface area contributed by atoms with Crippen molar-refractivity contribution in [1.82, 2.24) is 15.0 Å². The van der Waals surface area contributed by atoms with Crippen molar-refractivity contribution in [3.8, 4) is 34.1 Å². The fraction of sp³-hybridized carbons (Fsp3) is 0.625. The molecule has 0 amide bonds. The number of benzene rings is 1. The van der Waals surface area contributed by atoms with Crippen molar-refractivity contribution in [1.29, 1.82) is 0 Å². The molecule has 1 aromatic carbocycles. The largest absolute Gasteiger partial charge is 0.494 e. The molecule has 264 valence electrons. The average Bonchev–Trinajstić information content (AvgIpc) is 3.40. The topological polar surface area (TPSA) is 57.1 Å². The minimum Gasteiger partial charge on any atom is -0.494 e. The highest BCUT2D eigenvalue weighted by molar-refractivity contribution is 6.56. The van der Waals surface area contributed by atoms with Crippen LogP contribution < -0.4 is 14.7 Å². The molecule has 2 aromatic heterocycles. The van der Waals surface area contributed by atoms with Gasteiger partial charge in [-0.3, -0.25) is 0 Å². The highest BCUT2D eigenvalue weighted by Crippen LogP contribution is 2.40. The van der Waals surface area contributed by atoms with Gasteiger partial charge in [-0.25, -0.2) is 15.0 Å². The Morgan fingerprint density at radius 2 is 1.40 bits per heavy atom. The van der Waals surface area contributed by atoms with E-state index in [1.165, 1.54) is 89.9 Å². The Morgan fingerprint density at radius 1 is 0.792 bits per heavy atom. The van der Waals surface area contributed by atoms with Gasteiger partial charge in [0.1, 0.15) is 17.2 Å². The second-order valence-electron chi connectivity index (χ2n) is 14.2. The number of hydrogen-bond acceptors (Lipinski definition) is 5. The first-order valence-corrected chi connectivity index (χ1v) is 20.4.